The average molecular weight is 271 g/mol. The molecule has 4 rings (SSSR count). The molecule has 5 nitrogen and oxygen atoms in total. The molecule has 0 N–H and O–H groups in total. The molecule has 20 heavy (non-hydrogen) atoms. The van der Waals surface area contributed by atoms with Gasteiger partial charge >= 0.3 is 0 Å². The Labute approximate surface area is 116 Å². The molecule has 1 aromatic carbocycles. The quantitative estimate of drug-likeness (QED) is 0.800. The standard InChI is InChI=1S/C15H17N3O2/c19-15(11-4-6-12-13(9-11)17-20-16-12)18-8-2-1-3-10-5-7-14(10)18/h4,6,9-10,14H,1-3,5,7-8H2. The van der Waals surface area contributed by atoms with Crippen LogP contribution < -0.4 is 0 Å². The summed E-state index contributed by atoms with van der Waals surface area (Å²) < 4.78 is 4.69. The van der Waals surface area contributed by atoms with E-state index in [0.717, 1.165) is 25.3 Å². The molecule has 0 bridgehead atoms. The van der Waals surface area contributed by atoms with Crippen molar-refractivity contribution in [3.05, 3.63) is 23.8 Å². The zero-order valence-electron chi connectivity index (χ0n) is 11.3. The zero-order valence-corrected chi connectivity index (χ0v) is 11.3. The van der Waals surface area contributed by atoms with Gasteiger partial charge in [0.05, 0.1) is 0 Å². The molecule has 2 aromatic rings. The number of rotatable bonds is 1. The van der Waals surface area contributed by atoms with Gasteiger partial charge in [0.2, 0.25) is 0 Å². The smallest absolute Gasteiger partial charge is 0.254 e. The van der Waals surface area contributed by atoms with Gasteiger partial charge in [-0.05, 0) is 60.1 Å². The maximum atomic E-state index is 12.8. The van der Waals surface area contributed by atoms with Crippen molar-refractivity contribution < 1.29 is 9.42 Å². The van der Waals surface area contributed by atoms with Crippen LogP contribution in [0.1, 0.15) is 42.5 Å². The number of aromatic nitrogens is 2. The first-order valence-corrected chi connectivity index (χ1v) is 7.36. The second-order valence-electron chi connectivity index (χ2n) is 5.87. The van der Waals surface area contributed by atoms with E-state index >= 15 is 0 Å². The van der Waals surface area contributed by atoms with E-state index in [1.165, 1.54) is 19.3 Å². The summed E-state index contributed by atoms with van der Waals surface area (Å²) in [6.07, 6.45) is 6.08. The Balaban J connectivity index is 1.64. The lowest BCUT2D eigenvalue weighted by molar-refractivity contribution is 0.0445. The number of nitrogens with zero attached hydrogens (tertiary/aromatic N) is 3. The van der Waals surface area contributed by atoms with Gasteiger partial charge in [-0.1, -0.05) is 6.42 Å². The molecular formula is C15H17N3O2. The molecule has 2 unspecified atom stereocenters. The van der Waals surface area contributed by atoms with E-state index in [1.807, 2.05) is 6.07 Å². The van der Waals surface area contributed by atoms with E-state index in [4.69, 9.17) is 0 Å². The van der Waals surface area contributed by atoms with Gasteiger partial charge < -0.3 is 4.90 Å². The maximum Gasteiger partial charge on any atom is 0.254 e. The third kappa shape index (κ3) is 1.80. The topological polar surface area (TPSA) is 59.2 Å². The molecule has 2 heterocycles. The van der Waals surface area contributed by atoms with E-state index in [-0.39, 0.29) is 5.91 Å². The Morgan fingerprint density at radius 1 is 1.15 bits per heavy atom. The number of fused-ring (bicyclic) bond motifs is 2. The minimum atomic E-state index is 0.131. The summed E-state index contributed by atoms with van der Waals surface area (Å²) in [5, 5.41) is 7.59. The van der Waals surface area contributed by atoms with Crippen LogP contribution in [0.25, 0.3) is 11.0 Å². The molecule has 1 aromatic heterocycles. The van der Waals surface area contributed by atoms with E-state index in [9.17, 15) is 4.79 Å². The van der Waals surface area contributed by atoms with Gasteiger partial charge in [0.1, 0.15) is 11.0 Å². The number of carbonyl (C=O) groups is 1. The van der Waals surface area contributed by atoms with Crippen LogP contribution in [0.2, 0.25) is 0 Å². The van der Waals surface area contributed by atoms with Gasteiger partial charge in [-0.3, -0.25) is 4.79 Å². The van der Waals surface area contributed by atoms with Crippen molar-refractivity contribution in [1.29, 1.82) is 0 Å². The summed E-state index contributed by atoms with van der Waals surface area (Å²) in [4.78, 5) is 14.8. The van der Waals surface area contributed by atoms with Gasteiger partial charge in [0.15, 0.2) is 0 Å². The zero-order chi connectivity index (χ0) is 13.5. The molecule has 1 aliphatic heterocycles. The van der Waals surface area contributed by atoms with Crippen molar-refractivity contribution in [1.82, 2.24) is 15.2 Å². The Morgan fingerprint density at radius 2 is 2.05 bits per heavy atom. The third-order valence-electron chi connectivity index (χ3n) is 4.76. The van der Waals surface area contributed by atoms with E-state index < -0.39 is 0 Å². The van der Waals surface area contributed by atoms with Gasteiger partial charge in [0, 0.05) is 18.2 Å². The molecule has 0 spiro atoms. The van der Waals surface area contributed by atoms with Crippen molar-refractivity contribution in [3.63, 3.8) is 0 Å². The van der Waals surface area contributed by atoms with Crippen LogP contribution in [-0.4, -0.2) is 33.7 Å². The molecule has 2 fully saturated rings. The minimum absolute atomic E-state index is 0.131. The largest absolute Gasteiger partial charge is 0.335 e. The molecule has 1 amide bonds. The van der Waals surface area contributed by atoms with Crippen LogP contribution >= 0.6 is 0 Å². The SMILES string of the molecule is O=C(c1ccc2nonc2c1)N1CCCCC2CCC21. The van der Waals surface area contributed by atoms with Gasteiger partial charge in [-0.15, -0.1) is 0 Å². The maximum absolute atomic E-state index is 12.8. The van der Waals surface area contributed by atoms with E-state index in [1.54, 1.807) is 12.1 Å². The molecule has 2 aliphatic rings. The normalized spacial score (nSPS) is 25.9. The van der Waals surface area contributed by atoms with Crippen LogP contribution in [0.5, 0.6) is 0 Å². The van der Waals surface area contributed by atoms with Gasteiger partial charge in [-0.25, -0.2) is 4.63 Å². The molecule has 1 saturated heterocycles. The monoisotopic (exact) mass is 271 g/mol. The van der Waals surface area contributed by atoms with Gasteiger partial charge in [0.25, 0.3) is 5.91 Å². The third-order valence-corrected chi connectivity index (χ3v) is 4.76. The fourth-order valence-electron chi connectivity index (χ4n) is 3.49. The molecule has 104 valence electrons. The lowest BCUT2D eigenvalue weighted by Gasteiger charge is -2.42. The fraction of sp³-hybridized carbons (Fsp3) is 0.533. The van der Waals surface area contributed by atoms with Crippen LogP contribution in [0.15, 0.2) is 22.8 Å². The highest BCUT2D eigenvalue weighted by atomic mass is 16.6. The van der Waals surface area contributed by atoms with E-state index in [2.05, 4.69) is 19.8 Å². The number of carbonyl (C=O) groups excluding carboxylic acids is 1. The summed E-state index contributed by atoms with van der Waals surface area (Å²) >= 11 is 0. The van der Waals surface area contributed by atoms with Crippen LogP contribution in [0, 0.1) is 5.92 Å². The first kappa shape index (κ1) is 11.9. The summed E-state index contributed by atoms with van der Waals surface area (Å²) in [5.74, 6) is 0.852. The number of hydrogen-bond donors (Lipinski definition) is 0. The van der Waals surface area contributed by atoms with Crippen LogP contribution in [-0.2, 0) is 0 Å². The average Bonchev–Trinajstić information content (AvgIpc) is 2.85. The highest BCUT2D eigenvalue weighted by Crippen LogP contribution is 2.38. The summed E-state index contributed by atoms with van der Waals surface area (Å²) in [6, 6.07) is 5.87. The second-order valence-corrected chi connectivity index (χ2v) is 5.87. The number of benzene rings is 1. The molecule has 2 atom stereocenters. The van der Waals surface area contributed by atoms with Crippen molar-refractivity contribution in [2.24, 2.45) is 5.92 Å². The molecular weight excluding hydrogens is 254 g/mol. The van der Waals surface area contributed by atoms with E-state index in [0.29, 0.717) is 22.6 Å². The highest BCUT2D eigenvalue weighted by molar-refractivity contribution is 5.97. The predicted molar refractivity (Wildman–Crippen MR) is 73.2 cm³/mol. The summed E-state index contributed by atoms with van der Waals surface area (Å²) in [5.41, 5.74) is 2.04. The number of amides is 1. The first-order valence-electron chi connectivity index (χ1n) is 7.36. The lowest BCUT2D eigenvalue weighted by atomic mass is 9.76. The van der Waals surface area contributed by atoms with Crippen molar-refractivity contribution in [3.8, 4) is 0 Å². The predicted octanol–water partition coefficient (Wildman–Crippen LogP) is 2.63. The fourth-order valence-corrected chi connectivity index (χ4v) is 3.49. The minimum Gasteiger partial charge on any atom is -0.335 e. The number of hydrogen-bond acceptors (Lipinski definition) is 4. The van der Waals surface area contributed by atoms with Crippen LogP contribution in [0.3, 0.4) is 0 Å². The molecule has 0 radical (unpaired) electrons. The molecule has 5 heteroatoms. The highest BCUT2D eigenvalue weighted by Gasteiger charge is 2.39. The molecule has 1 aliphatic carbocycles. The Kier molecular flexibility index (Phi) is 2.72. The molecule has 1 saturated carbocycles. The van der Waals surface area contributed by atoms with Crippen LogP contribution in [0.4, 0.5) is 0 Å². The van der Waals surface area contributed by atoms with Gasteiger partial charge in [-0.2, -0.15) is 0 Å². The Hall–Kier alpha value is -1.91. The van der Waals surface area contributed by atoms with Crippen molar-refractivity contribution in [2.75, 3.05) is 6.54 Å². The first-order chi connectivity index (χ1) is 9.83. The van der Waals surface area contributed by atoms with Crippen molar-refractivity contribution in [2.45, 2.75) is 38.1 Å². The number of likely N-dealkylation sites (tertiary alicyclic amines) is 1. The Morgan fingerprint density at radius 3 is 2.90 bits per heavy atom. The van der Waals surface area contributed by atoms with Crippen molar-refractivity contribution >= 4 is 16.9 Å². The summed E-state index contributed by atoms with van der Waals surface area (Å²) in [7, 11) is 0. The lowest BCUT2D eigenvalue weighted by Crippen LogP contribution is -2.49. The summed E-state index contributed by atoms with van der Waals surface area (Å²) in [6.45, 7) is 0.884. The second kappa shape index (κ2) is 4.58. The Bertz CT molecular complexity index is 651.